The second kappa shape index (κ2) is 13.1. The first-order valence-corrected chi connectivity index (χ1v) is 20.1. The zero-order valence-electron chi connectivity index (χ0n) is 32.1. The Balaban J connectivity index is 1.03. The Morgan fingerprint density at radius 1 is 1.12 bits per heavy atom. The Labute approximate surface area is 339 Å². The van der Waals surface area contributed by atoms with Crippen molar-refractivity contribution in [2.24, 2.45) is 17.3 Å². The number of ether oxygens (including phenoxy) is 1. The lowest BCUT2D eigenvalue weighted by atomic mass is 9.54. The van der Waals surface area contributed by atoms with E-state index in [2.05, 4.69) is 15.3 Å². The van der Waals surface area contributed by atoms with Crippen LogP contribution in [0.15, 0.2) is 35.4 Å². The summed E-state index contributed by atoms with van der Waals surface area (Å²) in [5, 5.41) is 17.8. The minimum absolute atomic E-state index is 0.00523. The van der Waals surface area contributed by atoms with Crippen molar-refractivity contribution in [2.75, 3.05) is 38.2 Å². The van der Waals surface area contributed by atoms with Crippen molar-refractivity contribution < 1.29 is 37.4 Å². The highest BCUT2D eigenvalue weighted by atomic mass is 35.5. The number of anilines is 1. The summed E-state index contributed by atoms with van der Waals surface area (Å²) in [5.74, 6) is -0.904. The van der Waals surface area contributed by atoms with Crippen molar-refractivity contribution in [1.82, 2.24) is 38.9 Å². The Morgan fingerprint density at radius 3 is 2.58 bits per heavy atom. The second-order valence-electron chi connectivity index (χ2n) is 17.0. The lowest BCUT2D eigenvalue weighted by molar-refractivity contribution is -0.168. The average molecular weight is 834 g/mol. The Morgan fingerprint density at radius 2 is 1.92 bits per heavy atom. The molecule has 4 fully saturated rings. The van der Waals surface area contributed by atoms with Crippen LogP contribution in [0.4, 0.5) is 18.9 Å². The van der Waals surface area contributed by atoms with Crippen LogP contribution in [-0.4, -0.2) is 101 Å². The molecule has 1 spiro atoms. The van der Waals surface area contributed by atoms with E-state index in [-0.39, 0.29) is 69.7 Å². The van der Waals surface area contributed by atoms with Gasteiger partial charge in [0.2, 0.25) is 17.6 Å². The fourth-order valence-corrected chi connectivity index (χ4v) is 10.7. The number of rotatable bonds is 6. The molecule has 6 aliphatic rings. The van der Waals surface area contributed by atoms with Crippen LogP contribution in [0.25, 0.3) is 11.4 Å². The number of alkyl halides is 3. The number of aromatic hydroxyl groups is 1. The fourth-order valence-electron chi connectivity index (χ4n) is 10.4. The number of hydrogen-bond donors (Lipinski definition) is 2. The minimum Gasteiger partial charge on any atom is -0.504 e. The monoisotopic (exact) mass is 833 g/mol. The summed E-state index contributed by atoms with van der Waals surface area (Å²) in [5.41, 5.74) is -0.281. The van der Waals surface area contributed by atoms with E-state index in [1.165, 1.54) is 10.8 Å². The van der Waals surface area contributed by atoms with E-state index in [4.69, 9.17) is 26.4 Å². The van der Waals surface area contributed by atoms with E-state index in [0.717, 1.165) is 36.6 Å². The van der Waals surface area contributed by atoms with Crippen LogP contribution in [0.2, 0.25) is 5.02 Å². The van der Waals surface area contributed by atoms with E-state index in [1.54, 1.807) is 21.3 Å². The largest absolute Gasteiger partial charge is 0.504 e. The summed E-state index contributed by atoms with van der Waals surface area (Å²) in [6.07, 6.45) is 1.63. The third kappa shape index (κ3) is 5.64. The number of fused-ring (bicyclic) bond motifs is 8. The van der Waals surface area contributed by atoms with Gasteiger partial charge in [0.15, 0.2) is 17.3 Å². The van der Waals surface area contributed by atoms with Crippen LogP contribution in [-0.2, 0) is 32.5 Å². The normalized spacial score (nSPS) is 26.4. The van der Waals surface area contributed by atoms with Crippen LogP contribution in [0.1, 0.15) is 83.8 Å². The first kappa shape index (κ1) is 37.9. The molecule has 1 aromatic carbocycles. The molecule has 10 rings (SSSR count). The maximum absolute atomic E-state index is 15.0. The minimum atomic E-state index is -4.62. The van der Waals surface area contributed by atoms with Crippen LogP contribution >= 0.6 is 11.6 Å². The molecular weight excluding hydrogens is 795 g/mol. The Bertz CT molecular complexity index is 2610. The van der Waals surface area contributed by atoms with Crippen molar-refractivity contribution in [1.29, 1.82) is 0 Å². The number of nitrogens with zero attached hydrogens (tertiary/aromatic N) is 8. The highest BCUT2D eigenvalue weighted by Gasteiger charge is 2.70. The van der Waals surface area contributed by atoms with E-state index < -0.39 is 34.4 Å². The molecule has 3 amide bonds. The highest BCUT2D eigenvalue weighted by Crippen LogP contribution is 2.72. The molecular formula is C40H39ClF3N9O6. The van der Waals surface area contributed by atoms with E-state index in [1.807, 2.05) is 13.0 Å². The maximum Gasteiger partial charge on any atom is 0.416 e. The average Bonchev–Trinajstić information content (AvgIpc) is 3.76. The topological polar surface area (TPSA) is 177 Å². The molecule has 2 saturated carbocycles. The summed E-state index contributed by atoms with van der Waals surface area (Å²) in [6.45, 7) is 4.93. The van der Waals surface area contributed by atoms with Gasteiger partial charge in [-0.15, -0.1) is 5.10 Å². The van der Waals surface area contributed by atoms with Gasteiger partial charge < -0.3 is 29.5 Å². The number of aromatic nitrogens is 6. The van der Waals surface area contributed by atoms with Crippen LogP contribution in [0.3, 0.4) is 0 Å². The van der Waals surface area contributed by atoms with Gasteiger partial charge in [0.1, 0.15) is 12.9 Å². The SMILES string of the molecule is Cc1ncnc(C(=O)N2CC[C@]3(c4c(n(CC(=O)Nc5ccc(C(F)(F)F)cc5Cl)c5nc(C6=CCN(C(=O)C7(C)COC7)CC6)nn5c4=O)[C@H]4C[C@H]43)[C@@H]3CC[C@@H]32)c1O. The number of carbonyl (C=O) groups excluding carboxylic acids is 3. The smallest absolute Gasteiger partial charge is 0.416 e. The van der Waals surface area contributed by atoms with Crippen LogP contribution in [0, 0.1) is 24.2 Å². The van der Waals surface area contributed by atoms with Gasteiger partial charge in [-0.2, -0.15) is 22.7 Å². The molecule has 15 nitrogen and oxygen atoms in total. The molecule has 6 heterocycles. The van der Waals surface area contributed by atoms with Crippen LogP contribution in [0.5, 0.6) is 5.75 Å². The number of piperidine rings is 1. The molecule has 59 heavy (non-hydrogen) atoms. The number of benzene rings is 1. The van der Waals surface area contributed by atoms with Gasteiger partial charge in [-0.05, 0) is 81.6 Å². The van der Waals surface area contributed by atoms with Gasteiger partial charge in [-0.25, -0.2) is 9.97 Å². The standard InChI is InChI=1S/C40H39ClF3N9O6/c1-19-32(55)30(46-18-45-19)35(57)51-12-9-39(23-4-6-27(23)51)24-14-22(24)31-29(39)34(56)53-37(52(31)15-28(54)47-26-5-3-21(13-25(26)41)40(42,43)44)48-33(49-53)20-7-10-50(11-8-20)36(58)38(2)16-59-17-38/h3,5,7,13,18,22-24,27,55H,4,6,8-12,14-17H2,1-2H3,(H,47,54)/t22-,23+,24+,27-,39-/m0/s1. The summed E-state index contributed by atoms with van der Waals surface area (Å²) in [4.78, 5) is 72.4. The molecule has 0 unspecified atom stereocenters. The van der Waals surface area contributed by atoms with Gasteiger partial charge in [-0.3, -0.25) is 19.2 Å². The Hall–Kier alpha value is -5.36. The first-order chi connectivity index (χ1) is 28.1. The number of carbonyl (C=O) groups is 3. The number of hydrogen-bond acceptors (Lipinski definition) is 10. The van der Waals surface area contributed by atoms with E-state index >= 15 is 0 Å². The molecule has 308 valence electrons. The number of aryl methyl sites for hydroxylation is 1. The zero-order chi connectivity index (χ0) is 41.3. The summed E-state index contributed by atoms with van der Waals surface area (Å²) < 4.78 is 48.4. The molecule has 5 atom stereocenters. The number of likely N-dealkylation sites (tertiary alicyclic amines) is 1. The summed E-state index contributed by atoms with van der Waals surface area (Å²) in [6, 6.07) is 2.48. The quantitative estimate of drug-likeness (QED) is 0.284. The van der Waals surface area contributed by atoms with Gasteiger partial charge in [0, 0.05) is 48.3 Å². The van der Waals surface area contributed by atoms with E-state index in [0.29, 0.717) is 74.9 Å². The zero-order valence-corrected chi connectivity index (χ0v) is 32.8. The van der Waals surface area contributed by atoms with Gasteiger partial charge >= 0.3 is 6.18 Å². The fraction of sp³-hybridized carbons (Fsp3) is 0.500. The van der Waals surface area contributed by atoms with Crippen LogP contribution < -0.4 is 10.9 Å². The third-order valence-electron chi connectivity index (χ3n) is 13.6. The van der Waals surface area contributed by atoms with Gasteiger partial charge in [0.05, 0.1) is 40.6 Å². The first-order valence-electron chi connectivity index (χ1n) is 19.7. The van der Waals surface area contributed by atoms with Crippen molar-refractivity contribution in [2.45, 2.75) is 76.0 Å². The summed E-state index contributed by atoms with van der Waals surface area (Å²) >= 11 is 6.23. The molecule has 19 heteroatoms. The lowest BCUT2D eigenvalue weighted by Crippen LogP contribution is -2.64. The molecule has 2 saturated heterocycles. The second-order valence-corrected chi connectivity index (χ2v) is 17.4. The lowest BCUT2D eigenvalue weighted by Gasteiger charge is -2.58. The molecule has 0 radical (unpaired) electrons. The number of amides is 3. The van der Waals surface area contributed by atoms with Gasteiger partial charge in [0.25, 0.3) is 11.5 Å². The molecule has 0 bridgehead atoms. The predicted octanol–water partition coefficient (Wildman–Crippen LogP) is 4.34. The number of nitrogens with one attached hydrogen (secondary N) is 1. The van der Waals surface area contributed by atoms with Crippen molar-refractivity contribution >= 4 is 46.4 Å². The molecule has 2 N–H and O–H groups in total. The third-order valence-corrected chi connectivity index (χ3v) is 13.9. The molecule has 3 aromatic heterocycles. The Kier molecular flexibility index (Phi) is 8.39. The maximum atomic E-state index is 15.0. The van der Waals surface area contributed by atoms with Gasteiger partial charge in [-0.1, -0.05) is 17.7 Å². The van der Waals surface area contributed by atoms with Crippen molar-refractivity contribution in [3.63, 3.8) is 0 Å². The van der Waals surface area contributed by atoms with E-state index in [9.17, 15) is 37.5 Å². The van der Waals surface area contributed by atoms with Crippen molar-refractivity contribution in [3.05, 3.63) is 80.0 Å². The number of halogens is 4. The summed E-state index contributed by atoms with van der Waals surface area (Å²) in [7, 11) is 0. The molecule has 4 aromatic rings. The molecule has 3 aliphatic carbocycles. The van der Waals surface area contributed by atoms with Crippen molar-refractivity contribution in [3.8, 4) is 5.75 Å². The predicted molar refractivity (Wildman–Crippen MR) is 204 cm³/mol. The highest BCUT2D eigenvalue weighted by molar-refractivity contribution is 6.33. The molecule has 3 aliphatic heterocycles.